The molecule has 7 nitrogen and oxygen atoms in total. The molecule has 302 valence electrons. The molecule has 0 spiro atoms. The van der Waals surface area contributed by atoms with Gasteiger partial charge in [0.1, 0.15) is 0 Å². The molecule has 4 rings (SSSR count). The summed E-state index contributed by atoms with van der Waals surface area (Å²) in [5, 5.41) is 0.857. The number of nitrogens with zero attached hydrogens (tertiary/aromatic N) is 3. The summed E-state index contributed by atoms with van der Waals surface area (Å²) in [6, 6.07) is 3.63. The van der Waals surface area contributed by atoms with Gasteiger partial charge in [-0.2, -0.15) is 0 Å². The van der Waals surface area contributed by atoms with E-state index in [1.807, 2.05) is 6.07 Å². The summed E-state index contributed by atoms with van der Waals surface area (Å²) in [5.74, 6) is -1.44. The van der Waals surface area contributed by atoms with Crippen LogP contribution >= 0.6 is 0 Å². The number of carbonyl (C=O) groups excluding carboxylic acids is 4. The van der Waals surface area contributed by atoms with E-state index in [0.29, 0.717) is 40.6 Å². The molecule has 2 heterocycles. The van der Waals surface area contributed by atoms with Crippen molar-refractivity contribution in [2.45, 2.75) is 189 Å². The van der Waals surface area contributed by atoms with Gasteiger partial charge in [-0.15, -0.1) is 0 Å². The molecule has 2 aliphatic heterocycles. The molecule has 2 aromatic rings. The Kier molecular flexibility index (Phi) is 18.7. The fraction of sp³-hybridized carbons (Fsp3) is 0.681. The Balaban J connectivity index is 1.84. The molecule has 0 saturated heterocycles. The zero-order chi connectivity index (χ0) is 39.8. The third-order valence-electron chi connectivity index (χ3n) is 12.4. The van der Waals surface area contributed by atoms with Crippen LogP contribution < -0.4 is 3.58 Å². The molecule has 0 fully saturated rings. The number of rotatable bonds is 28. The Bertz CT molecular complexity index is 1650. The van der Waals surface area contributed by atoms with E-state index in [0.717, 1.165) is 107 Å². The Labute approximate surface area is 337 Å². The van der Waals surface area contributed by atoms with E-state index in [-0.39, 0.29) is 23.1 Å². The third-order valence-corrected chi connectivity index (χ3v) is 28.1. The van der Waals surface area contributed by atoms with Crippen molar-refractivity contribution in [3.63, 3.8) is 0 Å². The molecule has 8 heteroatoms. The van der Waals surface area contributed by atoms with Crippen molar-refractivity contribution >= 4 is 62.0 Å². The second-order valence-corrected chi connectivity index (χ2v) is 29.7. The van der Waals surface area contributed by atoms with Gasteiger partial charge in [-0.1, -0.05) is 33.1 Å². The first kappa shape index (κ1) is 45.0. The summed E-state index contributed by atoms with van der Waals surface area (Å²) in [6.45, 7) is 20.0. The zero-order valence-corrected chi connectivity index (χ0v) is 38.1. The Morgan fingerprint density at radius 2 is 0.836 bits per heavy atom. The molecule has 4 amide bonds. The molecule has 2 aromatic carbocycles. The van der Waals surface area contributed by atoms with E-state index < -0.39 is 30.2 Å². The number of imide groups is 2. The van der Waals surface area contributed by atoms with Gasteiger partial charge in [0.25, 0.3) is 0 Å². The van der Waals surface area contributed by atoms with Gasteiger partial charge >= 0.3 is 306 Å². The van der Waals surface area contributed by atoms with Crippen LogP contribution in [0.5, 0.6) is 0 Å². The predicted molar refractivity (Wildman–Crippen MR) is 231 cm³/mol. The van der Waals surface area contributed by atoms with Gasteiger partial charge in [0.05, 0.1) is 0 Å². The van der Waals surface area contributed by atoms with Gasteiger partial charge in [0.15, 0.2) is 0 Å². The number of carbonyl (C=O) groups is 4. The Morgan fingerprint density at radius 3 is 1.25 bits per heavy atom. The fourth-order valence-corrected chi connectivity index (χ4v) is 25.9. The van der Waals surface area contributed by atoms with Crippen LogP contribution in [0.3, 0.4) is 0 Å². The van der Waals surface area contributed by atoms with Gasteiger partial charge in [-0.05, 0) is 0 Å². The van der Waals surface area contributed by atoms with Crippen molar-refractivity contribution in [3.8, 4) is 0 Å². The van der Waals surface area contributed by atoms with Crippen LogP contribution in [0.1, 0.15) is 217 Å². The van der Waals surface area contributed by atoms with Crippen LogP contribution in [0.2, 0.25) is 13.3 Å². The summed E-state index contributed by atoms with van der Waals surface area (Å²) in [6.07, 6.45) is 24.1. The molecule has 0 saturated carbocycles. The van der Waals surface area contributed by atoms with Crippen LogP contribution in [-0.2, 0) is 0 Å². The molecule has 0 N–H and O–H groups in total. The first-order valence-electron chi connectivity index (χ1n) is 22.5. The average Bonchev–Trinajstić information content (AvgIpc) is 3.19. The van der Waals surface area contributed by atoms with Crippen molar-refractivity contribution in [1.82, 2.24) is 9.80 Å². The molecule has 0 radical (unpaired) electrons. The van der Waals surface area contributed by atoms with Gasteiger partial charge in [0.2, 0.25) is 0 Å². The molecule has 0 aliphatic carbocycles. The molecule has 55 heavy (non-hydrogen) atoms. The zero-order valence-electron chi connectivity index (χ0n) is 35.2. The Hall–Kier alpha value is -2.73. The molecule has 0 aromatic heterocycles. The summed E-state index contributed by atoms with van der Waals surface area (Å²) in [5.41, 5.74) is 1.64. The third kappa shape index (κ3) is 10.6. The number of hydrogen-bond donors (Lipinski definition) is 0. The summed E-state index contributed by atoms with van der Waals surface area (Å²) in [4.78, 5) is 65.2. The van der Waals surface area contributed by atoms with E-state index in [9.17, 15) is 14.4 Å². The molecule has 0 atom stereocenters. The number of unbranched alkanes of at least 4 members (excludes halogenated alkanes) is 17. The van der Waals surface area contributed by atoms with Gasteiger partial charge in [0, 0.05) is 0 Å². The van der Waals surface area contributed by atoms with Gasteiger partial charge in [-0.25, -0.2) is 0 Å². The number of amides is 4. The average molecular weight is 861 g/mol. The second kappa shape index (κ2) is 22.9. The number of benzene rings is 2. The summed E-state index contributed by atoms with van der Waals surface area (Å²) in [7, 11) is 0. The van der Waals surface area contributed by atoms with E-state index in [2.05, 4.69) is 39.5 Å². The normalized spacial score (nSPS) is 14.1. The first-order valence-corrected chi connectivity index (χ1v) is 30.0. The van der Waals surface area contributed by atoms with Crippen molar-refractivity contribution in [2.75, 3.05) is 13.1 Å². The maximum absolute atomic E-state index is 15.0. The molecule has 0 unspecified atom stereocenters. The monoisotopic (exact) mass is 861 g/mol. The van der Waals surface area contributed by atoms with Crippen molar-refractivity contribution < 1.29 is 19.2 Å². The molecule has 0 bridgehead atoms. The van der Waals surface area contributed by atoms with E-state index in [4.69, 9.17) is 6.57 Å². The number of hydrogen-bond acceptors (Lipinski definition) is 4. The summed E-state index contributed by atoms with van der Waals surface area (Å²) >= 11 is -3.47. The van der Waals surface area contributed by atoms with E-state index in [1.165, 1.54) is 61.2 Å². The second-order valence-electron chi connectivity index (χ2n) is 16.6. The SMILES string of the molecule is [C-]#[N+]c1cc2c3c([c]([Sn]([CH2]CCC)([CH2]CCC)[CH2]CCC)cc4c3c1C(=O)N(CCCCCCCCCC)C4=O)C(=O)N(CCCCCCCCCC)C2=O. The molecular formula is C47H71N3O4Sn. The standard InChI is InChI=1S/C35H44N3O4.3C4H9.Sn/c1-4-6-8-10-12-14-16-18-22-37-32(39)25-20-21-26-30-29(25)27(34(37)41)24-28(36-3)31(30)35(42)38(33(26)40)23-19-17-15-13-11-9-7-5-2;3*1-3-4-2;/h21,24H,4-19,22-23H2,1-2H3;3*1,3-4H2,2H3;. The van der Waals surface area contributed by atoms with Crippen LogP contribution in [0.4, 0.5) is 5.69 Å². The molecule has 2 aliphatic rings. The van der Waals surface area contributed by atoms with Crippen LogP contribution in [0, 0.1) is 6.57 Å². The van der Waals surface area contributed by atoms with E-state index >= 15 is 4.79 Å². The predicted octanol–water partition coefficient (Wildman–Crippen LogP) is 12.9. The quantitative estimate of drug-likeness (QED) is 0.0369. The first-order chi connectivity index (χ1) is 26.8. The summed E-state index contributed by atoms with van der Waals surface area (Å²) < 4.78 is 4.38. The topological polar surface area (TPSA) is 79.1 Å². The van der Waals surface area contributed by atoms with Crippen molar-refractivity contribution in [2.24, 2.45) is 0 Å². The van der Waals surface area contributed by atoms with Crippen molar-refractivity contribution in [1.29, 1.82) is 0 Å². The van der Waals surface area contributed by atoms with Gasteiger partial charge in [-0.3, -0.25) is 0 Å². The van der Waals surface area contributed by atoms with E-state index in [1.54, 1.807) is 6.07 Å². The minimum absolute atomic E-state index is 0.105. The minimum atomic E-state index is -3.47. The maximum atomic E-state index is 15.0. The van der Waals surface area contributed by atoms with Crippen LogP contribution in [0.25, 0.3) is 15.6 Å². The van der Waals surface area contributed by atoms with Crippen LogP contribution in [-0.4, -0.2) is 64.9 Å². The fourth-order valence-electron chi connectivity index (χ4n) is 9.19. The van der Waals surface area contributed by atoms with Crippen molar-refractivity contribution in [3.05, 3.63) is 45.8 Å². The Morgan fingerprint density at radius 1 is 0.473 bits per heavy atom. The van der Waals surface area contributed by atoms with Crippen LogP contribution in [0.15, 0.2) is 12.1 Å². The molecular weight excluding hydrogens is 789 g/mol. The van der Waals surface area contributed by atoms with Gasteiger partial charge < -0.3 is 0 Å².